The van der Waals surface area contributed by atoms with Crippen LogP contribution in [0.25, 0.3) is 0 Å². The molecule has 2 N–H and O–H groups in total. The van der Waals surface area contributed by atoms with Gasteiger partial charge >= 0.3 is 0 Å². The molecular weight excluding hydrogens is 198 g/mol. The van der Waals surface area contributed by atoms with E-state index in [2.05, 4.69) is 37.4 Å². The molecule has 2 unspecified atom stereocenters. The van der Waals surface area contributed by atoms with E-state index in [0.717, 1.165) is 19.5 Å². The zero-order valence-corrected chi connectivity index (χ0v) is 10.2. The molecule has 1 saturated heterocycles. The number of hydrogen-bond donors (Lipinski definition) is 2. The van der Waals surface area contributed by atoms with Crippen molar-refractivity contribution in [2.24, 2.45) is 5.92 Å². The van der Waals surface area contributed by atoms with Gasteiger partial charge < -0.3 is 10.4 Å². The molecule has 2 heteroatoms. The summed E-state index contributed by atoms with van der Waals surface area (Å²) in [4.78, 5) is 0. The Morgan fingerprint density at radius 3 is 2.75 bits per heavy atom. The standard InChI is InChI=1S/C14H21NO/c1-10-3-4-13(5-11(10)2)14-6-12(9-16)7-15-8-14/h3-5,12,14-16H,6-9H2,1-2H3. The second kappa shape index (κ2) is 4.98. The molecule has 2 nitrogen and oxygen atoms in total. The number of aryl methyl sites for hydroxylation is 2. The van der Waals surface area contributed by atoms with Crippen LogP contribution >= 0.6 is 0 Å². The third-order valence-corrected chi connectivity index (χ3v) is 3.70. The number of aliphatic hydroxyl groups is 1. The lowest BCUT2D eigenvalue weighted by Gasteiger charge is -2.29. The molecule has 16 heavy (non-hydrogen) atoms. The Morgan fingerprint density at radius 1 is 1.25 bits per heavy atom. The van der Waals surface area contributed by atoms with Gasteiger partial charge in [0.1, 0.15) is 0 Å². The lowest BCUT2D eigenvalue weighted by atomic mass is 9.85. The maximum absolute atomic E-state index is 9.21. The van der Waals surface area contributed by atoms with Gasteiger partial charge in [-0.3, -0.25) is 0 Å². The van der Waals surface area contributed by atoms with Gasteiger partial charge in [-0.2, -0.15) is 0 Å². The molecule has 0 bridgehead atoms. The first kappa shape index (κ1) is 11.6. The van der Waals surface area contributed by atoms with Gasteiger partial charge in [-0.1, -0.05) is 18.2 Å². The van der Waals surface area contributed by atoms with E-state index in [4.69, 9.17) is 0 Å². The molecule has 1 aromatic carbocycles. The van der Waals surface area contributed by atoms with E-state index in [1.807, 2.05) is 0 Å². The molecule has 1 aromatic rings. The SMILES string of the molecule is Cc1ccc(C2CNCC(CO)C2)cc1C. The van der Waals surface area contributed by atoms with Gasteiger partial charge in [-0.25, -0.2) is 0 Å². The van der Waals surface area contributed by atoms with Crippen LogP contribution in [-0.2, 0) is 0 Å². The third kappa shape index (κ3) is 2.45. The Kier molecular flexibility index (Phi) is 3.62. The van der Waals surface area contributed by atoms with Crippen molar-refractivity contribution in [3.8, 4) is 0 Å². The first-order valence-corrected chi connectivity index (χ1v) is 6.09. The third-order valence-electron chi connectivity index (χ3n) is 3.70. The highest BCUT2D eigenvalue weighted by Crippen LogP contribution is 2.27. The van der Waals surface area contributed by atoms with Crippen LogP contribution in [0.1, 0.15) is 29.0 Å². The largest absolute Gasteiger partial charge is 0.396 e. The Morgan fingerprint density at radius 2 is 2.06 bits per heavy atom. The first-order chi connectivity index (χ1) is 7.70. The summed E-state index contributed by atoms with van der Waals surface area (Å²) >= 11 is 0. The molecular formula is C14H21NO. The molecule has 1 aliphatic heterocycles. The van der Waals surface area contributed by atoms with Crippen molar-refractivity contribution in [1.29, 1.82) is 0 Å². The first-order valence-electron chi connectivity index (χ1n) is 6.09. The van der Waals surface area contributed by atoms with Crippen LogP contribution in [0.4, 0.5) is 0 Å². The van der Waals surface area contributed by atoms with Gasteiger partial charge in [0.2, 0.25) is 0 Å². The van der Waals surface area contributed by atoms with E-state index >= 15 is 0 Å². The normalized spacial score (nSPS) is 25.7. The number of benzene rings is 1. The Balaban J connectivity index is 2.13. The molecule has 0 radical (unpaired) electrons. The van der Waals surface area contributed by atoms with Crippen molar-refractivity contribution < 1.29 is 5.11 Å². The summed E-state index contributed by atoms with van der Waals surface area (Å²) in [6.07, 6.45) is 1.10. The highest BCUT2D eigenvalue weighted by Gasteiger charge is 2.22. The highest BCUT2D eigenvalue weighted by molar-refractivity contribution is 5.32. The van der Waals surface area contributed by atoms with E-state index in [1.165, 1.54) is 16.7 Å². The van der Waals surface area contributed by atoms with E-state index in [1.54, 1.807) is 0 Å². The molecule has 0 saturated carbocycles. The average molecular weight is 219 g/mol. The van der Waals surface area contributed by atoms with Gasteiger partial charge in [0.15, 0.2) is 0 Å². The van der Waals surface area contributed by atoms with Crippen LogP contribution in [0, 0.1) is 19.8 Å². The summed E-state index contributed by atoms with van der Waals surface area (Å²) < 4.78 is 0. The van der Waals surface area contributed by atoms with Crippen molar-refractivity contribution in [3.63, 3.8) is 0 Å². The fourth-order valence-corrected chi connectivity index (χ4v) is 2.44. The molecule has 88 valence electrons. The number of hydrogen-bond acceptors (Lipinski definition) is 2. The van der Waals surface area contributed by atoms with Crippen molar-refractivity contribution in [2.45, 2.75) is 26.2 Å². The minimum absolute atomic E-state index is 0.300. The minimum Gasteiger partial charge on any atom is -0.396 e. The van der Waals surface area contributed by atoms with Gasteiger partial charge in [-0.15, -0.1) is 0 Å². The van der Waals surface area contributed by atoms with E-state index < -0.39 is 0 Å². The maximum Gasteiger partial charge on any atom is 0.0471 e. The van der Waals surface area contributed by atoms with Gasteiger partial charge in [-0.05, 0) is 48.8 Å². The highest BCUT2D eigenvalue weighted by atomic mass is 16.3. The molecule has 0 aliphatic carbocycles. The second-order valence-corrected chi connectivity index (χ2v) is 4.98. The van der Waals surface area contributed by atoms with Crippen LogP contribution in [0.3, 0.4) is 0 Å². The molecule has 2 rings (SSSR count). The maximum atomic E-state index is 9.21. The lowest BCUT2D eigenvalue weighted by molar-refractivity contribution is 0.190. The van der Waals surface area contributed by atoms with Crippen LogP contribution in [0.15, 0.2) is 18.2 Å². The Hall–Kier alpha value is -0.860. The molecule has 1 fully saturated rings. The molecule has 2 atom stereocenters. The van der Waals surface area contributed by atoms with Crippen LogP contribution in [-0.4, -0.2) is 24.8 Å². The van der Waals surface area contributed by atoms with Crippen LogP contribution < -0.4 is 5.32 Å². The van der Waals surface area contributed by atoms with Gasteiger partial charge in [0.05, 0.1) is 0 Å². The average Bonchev–Trinajstić information content (AvgIpc) is 2.33. The number of piperidine rings is 1. The van der Waals surface area contributed by atoms with Crippen molar-refractivity contribution in [2.75, 3.05) is 19.7 Å². The van der Waals surface area contributed by atoms with Crippen molar-refractivity contribution in [3.05, 3.63) is 34.9 Å². The van der Waals surface area contributed by atoms with E-state index in [9.17, 15) is 5.11 Å². The van der Waals surface area contributed by atoms with Gasteiger partial charge in [0, 0.05) is 19.7 Å². The smallest absolute Gasteiger partial charge is 0.0471 e. The predicted octanol–water partition coefficient (Wildman–Crippen LogP) is 1.99. The summed E-state index contributed by atoms with van der Waals surface area (Å²) in [7, 11) is 0. The summed E-state index contributed by atoms with van der Waals surface area (Å²) in [6, 6.07) is 6.73. The van der Waals surface area contributed by atoms with Crippen LogP contribution in [0.2, 0.25) is 0 Å². The van der Waals surface area contributed by atoms with E-state index in [0.29, 0.717) is 18.4 Å². The zero-order chi connectivity index (χ0) is 11.5. The summed E-state index contributed by atoms with van der Waals surface area (Å²) in [5.41, 5.74) is 4.13. The molecule has 0 spiro atoms. The minimum atomic E-state index is 0.300. The molecule has 0 amide bonds. The number of rotatable bonds is 2. The summed E-state index contributed by atoms with van der Waals surface area (Å²) in [5.74, 6) is 0.977. The summed E-state index contributed by atoms with van der Waals surface area (Å²) in [5, 5.41) is 12.6. The lowest BCUT2D eigenvalue weighted by Crippen LogP contribution is -2.36. The second-order valence-electron chi connectivity index (χ2n) is 4.98. The molecule has 0 aromatic heterocycles. The monoisotopic (exact) mass is 219 g/mol. The number of nitrogens with one attached hydrogen (secondary N) is 1. The number of aliphatic hydroxyl groups excluding tert-OH is 1. The summed E-state index contributed by atoms with van der Waals surface area (Å²) in [6.45, 7) is 6.61. The zero-order valence-electron chi connectivity index (χ0n) is 10.2. The van der Waals surface area contributed by atoms with E-state index in [-0.39, 0.29) is 0 Å². The molecule has 1 heterocycles. The van der Waals surface area contributed by atoms with Crippen molar-refractivity contribution in [1.82, 2.24) is 5.32 Å². The van der Waals surface area contributed by atoms with Crippen LogP contribution in [0.5, 0.6) is 0 Å². The quantitative estimate of drug-likeness (QED) is 0.797. The predicted molar refractivity (Wildman–Crippen MR) is 66.7 cm³/mol. The Bertz CT molecular complexity index is 362. The Labute approximate surface area is 97.7 Å². The molecule has 1 aliphatic rings. The van der Waals surface area contributed by atoms with Crippen molar-refractivity contribution >= 4 is 0 Å². The fourth-order valence-electron chi connectivity index (χ4n) is 2.44. The van der Waals surface area contributed by atoms with Gasteiger partial charge in [0.25, 0.3) is 0 Å². The fraction of sp³-hybridized carbons (Fsp3) is 0.571. The topological polar surface area (TPSA) is 32.3 Å².